The van der Waals surface area contributed by atoms with E-state index in [4.69, 9.17) is 13.9 Å². The molecule has 0 spiro atoms. The van der Waals surface area contributed by atoms with Crippen LogP contribution in [-0.2, 0) is 11.2 Å². The van der Waals surface area contributed by atoms with E-state index in [1.807, 2.05) is 17.5 Å². The van der Waals surface area contributed by atoms with E-state index in [-0.39, 0.29) is 0 Å². The van der Waals surface area contributed by atoms with Crippen LogP contribution in [0.2, 0.25) is 0 Å². The minimum atomic E-state index is -0.407. The van der Waals surface area contributed by atoms with Gasteiger partial charge in [0.25, 0.3) is 0 Å². The van der Waals surface area contributed by atoms with Crippen molar-refractivity contribution in [2.75, 3.05) is 20.8 Å². The molecule has 0 atom stereocenters. The highest BCUT2D eigenvalue weighted by atomic mass is 32.1. The maximum atomic E-state index is 12.3. The molecule has 6 heteroatoms. The number of hydrogen-bond acceptors (Lipinski definition) is 6. The standard InChI is InChI=1S/C17H17NO4S/c1-20-8-4-7-15-18-13(10-23-15)12-9-11-5-3-6-14(21-2)16(11)22-17(12)19/h3,5-6,9-10H,4,7-8H2,1-2H3. The summed E-state index contributed by atoms with van der Waals surface area (Å²) in [7, 11) is 3.23. The van der Waals surface area contributed by atoms with Gasteiger partial charge in [-0.25, -0.2) is 9.78 Å². The number of aromatic nitrogens is 1. The second-order valence-electron chi connectivity index (χ2n) is 5.05. The van der Waals surface area contributed by atoms with E-state index in [0.717, 1.165) is 23.2 Å². The van der Waals surface area contributed by atoms with Gasteiger partial charge in [-0.1, -0.05) is 12.1 Å². The zero-order valence-electron chi connectivity index (χ0n) is 13.0. The third-order valence-electron chi connectivity index (χ3n) is 3.51. The minimum absolute atomic E-state index is 0.407. The number of methoxy groups -OCH3 is 2. The van der Waals surface area contributed by atoms with Gasteiger partial charge in [0, 0.05) is 30.9 Å². The van der Waals surface area contributed by atoms with Crippen LogP contribution in [0.5, 0.6) is 5.75 Å². The summed E-state index contributed by atoms with van der Waals surface area (Å²) in [4.78, 5) is 16.8. The first kappa shape index (κ1) is 15.7. The number of thiazole rings is 1. The number of ether oxygens (including phenoxy) is 2. The summed E-state index contributed by atoms with van der Waals surface area (Å²) in [6.07, 6.45) is 1.75. The highest BCUT2D eigenvalue weighted by Crippen LogP contribution is 2.28. The molecule has 0 amide bonds. The predicted octanol–water partition coefficient (Wildman–Crippen LogP) is 3.50. The van der Waals surface area contributed by atoms with Crippen molar-refractivity contribution in [2.24, 2.45) is 0 Å². The second-order valence-corrected chi connectivity index (χ2v) is 5.99. The molecule has 0 aliphatic carbocycles. The first-order valence-corrected chi connectivity index (χ1v) is 8.15. The number of hydrogen-bond donors (Lipinski definition) is 0. The third kappa shape index (κ3) is 3.28. The third-order valence-corrected chi connectivity index (χ3v) is 4.42. The Kier molecular flexibility index (Phi) is 4.73. The van der Waals surface area contributed by atoms with E-state index < -0.39 is 5.63 Å². The van der Waals surface area contributed by atoms with Crippen molar-refractivity contribution in [3.8, 4) is 17.0 Å². The van der Waals surface area contributed by atoms with Gasteiger partial charge in [-0.2, -0.15) is 0 Å². The number of fused-ring (bicyclic) bond motifs is 1. The summed E-state index contributed by atoms with van der Waals surface area (Å²) in [6, 6.07) is 7.32. The quantitative estimate of drug-likeness (QED) is 0.511. The van der Waals surface area contributed by atoms with Crippen LogP contribution in [0.3, 0.4) is 0 Å². The van der Waals surface area contributed by atoms with Crippen LogP contribution in [0.1, 0.15) is 11.4 Å². The Morgan fingerprint density at radius 3 is 2.96 bits per heavy atom. The molecule has 0 N–H and O–H groups in total. The first-order valence-electron chi connectivity index (χ1n) is 7.27. The lowest BCUT2D eigenvalue weighted by Crippen LogP contribution is -2.03. The summed E-state index contributed by atoms with van der Waals surface area (Å²) in [5, 5.41) is 3.69. The van der Waals surface area contributed by atoms with Gasteiger partial charge in [0.1, 0.15) is 0 Å². The highest BCUT2D eigenvalue weighted by molar-refractivity contribution is 7.09. The molecule has 5 nitrogen and oxygen atoms in total. The van der Waals surface area contributed by atoms with Gasteiger partial charge in [0.15, 0.2) is 11.3 Å². The van der Waals surface area contributed by atoms with Crippen LogP contribution in [0.25, 0.3) is 22.2 Å². The Labute approximate surface area is 137 Å². The molecule has 3 rings (SSSR count). The van der Waals surface area contributed by atoms with Crippen molar-refractivity contribution in [3.63, 3.8) is 0 Å². The molecule has 23 heavy (non-hydrogen) atoms. The summed E-state index contributed by atoms with van der Waals surface area (Å²) >= 11 is 1.54. The fourth-order valence-electron chi connectivity index (χ4n) is 2.37. The van der Waals surface area contributed by atoms with Gasteiger partial charge in [-0.15, -0.1) is 11.3 Å². The lowest BCUT2D eigenvalue weighted by molar-refractivity contribution is 0.195. The molecule has 0 unspecified atom stereocenters. The predicted molar refractivity (Wildman–Crippen MR) is 90.3 cm³/mol. The maximum Gasteiger partial charge on any atom is 0.345 e. The molecule has 120 valence electrons. The molecule has 3 aromatic rings. The zero-order valence-corrected chi connectivity index (χ0v) is 13.8. The SMILES string of the molecule is COCCCc1nc(-c2cc3cccc(OC)c3oc2=O)cs1. The number of benzene rings is 1. The molecule has 0 radical (unpaired) electrons. The molecule has 0 aliphatic rings. The van der Waals surface area contributed by atoms with Crippen LogP contribution >= 0.6 is 11.3 Å². The Morgan fingerprint density at radius 1 is 1.30 bits per heavy atom. The smallest absolute Gasteiger partial charge is 0.345 e. The van der Waals surface area contributed by atoms with Crippen molar-refractivity contribution in [3.05, 3.63) is 45.1 Å². The fraction of sp³-hybridized carbons (Fsp3) is 0.294. The molecule has 2 aromatic heterocycles. The van der Waals surface area contributed by atoms with Crippen molar-refractivity contribution in [1.29, 1.82) is 0 Å². The van der Waals surface area contributed by atoms with Crippen LogP contribution < -0.4 is 10.4 Å². The minimum Gasteiger partial charge on any atom is -0.493 e. The average molecular weight is 331 g/mol. The summed E-state index contributed by atoms with van der Waals surface area (Å²) in [5.41, 5.74) is 1.18. The van der Waals surface area contributed by atoms with Crippen molar-refractivity contribution in [2.45, 2.75) is 12.8 Å². The van der Waals surface area contributed by atoms with E-state index in [1.165, 1.54) is 0 Å². The summed E-state index contributed by atoms with van der Waals surface area (Å²) < 4.78 is 15.7. The molecule has 1 aromatic carbocycles. The van der Waals surface area contributed by atoms with E-state index >= 15 is 0 Å². The van der Waals surface area contributed by atoms with Gasteiger partial charge in [-0.3, -0.25) is 0 Å². The van der Waals surface area contributed by atoms with Crippen LogP contribution in [0.15, 0.2) is 38.9 Å². The van der Waals surface area contributed by atoms with Gasteiger partial charge < -0.3 is 13.9 Å². The molecule has 0 bridgehead atoms. The number of para-hydroxylation sites is 1. The molecule has 0 saturated heterocycles. The van der Waals surface area contributed by atoms with Crippen LogP contribution in [0.4, 0.5) is 0 Å². The molecule has 2 heterocycles. The second kappa shape index (κ2) is 6.93. The number of aryl methyl sites for hydroxylation is 1. The van der Waals surface area contributed by atoms with Crippen molar-refractivity contribution in [1.82, 2.24) is 4.98 Å². The number of nitrogens with zero attached hydrogens (tertiary/aromatic N) is 1. The largest absolute Gasteiger partial charge is 0.493 e. The van der Waals surface area contributed by atoms with Gasteiger partial charge in [0.2, 0.25) is 0 Å². The first-order chi connectivity index (χ1) is 11.2. The molecular weight excluding hydrogens is 314 g/mol. The molecule has 0 aliphatic heterocycles. The van der Waals surface area contributed by atoms with E-state index in [2.05, 4.69) is 4.98 Å². The van der Waals surface area contributed by atoms with Crippen molar-refractivity contribution >= 4 is 22.3 Å². The summed E-state index contributed by atoms with van der Waals surface area (Å²) in [5.74, 6) is 0.546. The Bertz CT molecular complexity index is 868. The Balaban J connectivity index is 1.97. The van der Waals surface area contributed by atoms with Gasteiger partial charge in [0.05, 0.1) is 23.4 Å². The highest BCUT2D eigenvalue weighted by Gasteiger charge is 2.13. The zero-order chi connectivity index (χ0) is 16.2. The Morgan fingerprint density at radius 2 is 2.17 bits per heavy atom. The van der Waals surface area contributed by atoms with Crippen LogP contribution in [-0.4, -0.2) is 25.8 Å². The number of rotatable bonds is 6. The molecular formula is C17H17NO4S. The van der Waals surface area contributed by atoms with Crippen LogP contribution in [0, 0.1) is 0 Å². The van der Waals surface area contributed by atoms with Gasteiger partial charge in [-0.05, 0) is 18.6 Å². The normalized spacial score (nSPS) is 11.0. The van der Waals surface area contributed by atoms with E-state index in [9.17, 15) is 4.79 Å². The lowest BCUT2D eigenvalue weighted by atomic mass is 10.1. The van der Waals surface area contributed by atoms with Crippen molar-refractivity contribution < 1.29 is 13.9 Å². The molecule has 0 fully saturated rings. The maximum absolute atomic E-state index is 12.3. The summed E-state index contributed by atoms with van der Waals surface area (Å²) in [6.45, 7) is 0.701. The van der Waals surface area contributed by atoms with E-state index in [1.54, 1.807) is 37.7 Å². The van der Waals surface area contributed by atoms with E-state index in [0.29, 0.717) is 29.2 Å². The molecule has 0 saturated carbocycles. The monoisotopic (exact) mass is 331 g/mol. The average Bonchev–Trinajstić information content (AvgIpc) is 3.02. The van der Waals surface area contributed by atoms with Gasteiger partial charge >= 0.3 is 5.63 Å². The fourth-order valence-corrected chi connectivity index (χ4v) is 3.21. The Hall–Kier alpha value is -2.18. The lowest BCUT2D eigenvalue weighted by Gasteiger charge is -2.04. The topological polar surface area (TPSA) is 61.6 Å².